The maximum Gasteiger partial charge on any atom is 0.306 e. The van der Waals surface area contributed by atoms with Gasteiger partial charge in [-0.3, -0.25) is 19.2 Å². The number of benzene rings is 2. The number of ether oxygens (including phenoxy) is 4. The number of aliphatic carboxylic acids is 2. The molecule has 0 spiro atoms. The van der Waals surface area contributed by atoms with E-state index < -0.39 is 52.8 Å². The molecule has 4 rings (SSSR count). The summed E-state index contributed by atoms with van der Waals surface area (Å²) in [5, 5.41) is 19.0. The first-order chi connectivity index (χ1) is 21.8. The fourth-order valence-corrected chi connectivity index (χ4v) is 6.31. The average molecular weight is 684 g/mol. The number of hydrogen-bond acceptors (Lipinski definition) is 9. The van der Waals surface area contributed by atoms with Crippen LogP contribution in [0.1, 0.15) is 53.9 Å². The van der Waals surface area contributed by atoms with Crippen LogP contribution in [0.4, 0.5) is 8.78 Å². The number of amides is 1. The van der Waals surface area contributed by atoms with Crippen molar-refractivity contribution >= 4 is 56.7 Å². The second-order valence-corrected chi connectivity index (χ2v) is 12.2. The molecule has 2 heterocycles. The van der Waals surface area contributed by atoms with Crippen molar-refractivity contribution in [2.24, 2.45) is 11.8 Å². The Bertz CT molecular complexity index is 1690. The van der Waals surface area contributed by atoms with Crippen LogP contribution < -0.4 is 18.9 Å². The van der Waals surface area contributed by atoms with Crippen LogP contribution in [-0.4, -0.2) is 66.2 Å². The first kappa shape index (κ1) is 34.7. The Hall–Kier alpha value is -4.17. The predicted molar refractivity (Wildman–Crippen MR) is 163 cm³/mol. The summed E-state index contributed by atoms with van der Waals surface area (Å²) >= 11 is 7.67. The number of fused-ring (bicyclic) bond motifs is 2. The van der Waals surface area contributed by atoms with Gasteiger partial charge in [0.15, 0.2) is 34.7 Å². The van der Waals surface area contributed by atoms with E-state index in [4.69, 9.17) is 40.8 Å². The van der Waals surface area contributed by atoms with Gasteiger partial charge in [-0.15, -0.1) is 11.3 Å². The van der Waals surface area contributed by atoms with Gasteiger partial charge >= 0.3 is 11.9 Å². The Labute approximate surface area is 271 Å². The van der Waals surface area contributed by atoms with E-state index >= 15 is 8.78 Å². The monoisotopic (exact) mass is 683 g/mol. The standard InChI is InChI=1S/C31H32ClF2NO10S/c1-14(30(38)39)8-19(36)21-11-16-10-20(26(42-3)23(32)29(16)46-21)44-6-5-7-45-28-25(34)18-13-35(22(37)9-15(2)31(40)41)12-17(18)24(33)27(28)43-4/h10-11,14-15H,5-9,12-13H2,1-4H3,(H,38,39)(H,40,41). The maximum atomic E-state index is 15.5. The van der Waals surface area contributed by atoms with Crippen molar-refractivity contribution in [3.8, 4) is 23.0 Å². The molecule has 0 aliphatic carbocycles. The number of ketones is 1. The minimum Gasteiger partial charge on any atom is -0.491 e. The van der Waals surface area contributed by atoms with Crippen LogP contribution in [0, 0.1) is 23.5 Å². The van der Waals surface area contributed by atoms with Gasteiger partial charge in [0.05, 0.1) is 48.8 Å². The quantitative estimate of drug-likeness (QED) is 0.146. The largest absolute Gasteiger partial charge is 0.491 e. The SMILES string of the molecule is COc1c(F)c2c(c(F)c1OCCCOc1cc3cc(C(=O)CC(C)C(=O)O)sc3c(Cl)c1OC)CN(C(=O)CC(C)C(=O)O)C2. The summed E-state index contributed by atoms with van der Waals surface area (Å²) < 4.78 is 53.4. The molecule has 3 aromatic rings. The molecule has 11 nitrogen and oxygen atoms in total. The van der Waals surface area contributed by atoms with E-state index in [2.05, 4.69) is 0 Å². The second-order valence-electron chi connectivity index (χ2n) is 10.8. The lowest BCUT2D eigenvalue weighted by Crippen LogP contribution is -2.28. The van der Waals surface area contributed by atoms with Crippen LogP contribution >= 0.6 is 22.9 Å². The highest BCUT2D eigenvalue weighted by molar-refractivity contribution is 7.21. The molecule has 2 atom stereocenters. The van der Waals surface area contributed by atoms with Gasteiger partial charge in [0, 0.05) is 43.5 Å². The molecule has 2 N–H and O–H groups in total. The molecule has 0 radical (unpaired) electrons. The molecule has 1 aliphatic heterocycles. The first-order valence-corrected chi connectivity index (χ1v) is 15.4. The van der Waals surface area contributed by atoms with Crippen molar-refractivity contribution < 1.29 is 57.1 Å². The van der Waals surface area contributed by atoms with Crippen LogP contribution in [-0.2, 0) is 27.5 Å². The van der Waals surface area contributed by atoms with Crippen LogP contribution in [0.2, 0.25) is 5.02 Å². The van der Waals surface area contributed by atoms with E-state index in [1.807, 2.05) is 0 Å². The van der Waals surface area contributed by atoms with Crippen molar-refractivity contribution in [3.63, 3.8) is 0 Å². The van der Waals surface area contributed by atoms with E-state index in [1.165, 1.54) is 25.9 Å². The fraction of sp³-hybridized carbons (Fsp3) is 0.419. The minimum atomic E-state index is -1.15. The van der Waals surface area contributed by atoms with Gasteiger partial charge in [0.25, 0.3) is 0 Å². The number of halogens is 3. The maximum absolute atomic E-state index is 15.5. The lowest BCUT2D eigenvalue weighted by atomic mass is 10.0. The van der Waals surface area contributed by atoms with E-state index in [9.17, 15) is 19.2 Å². The van der Waals surface area contributed by atoms with E-state index in [-0.39, 0.29) is 79.0 Å². The molecule has 2 aromatic carbocycles. The zero-order valence-corrected chi connectivity index (χ0v) is 27.0. The molecule has 15 heteroatoms. The number of carboxylic acids is 2. The number of carbonyl (C=O) groups excluding carboxylic acids is 2. The number of carboxylic acid groups (broad SMARTS) is 2. The average Bonchev–Trinajstić information content (AvgIpc) is 3.65. The molecule has 46 heavy (non-hydrogen) atoms. The number of Topliss-reactive ketones (excluding diaryl/α,β-unsaturated/α-hetero) is 1. The molecule has 248 valence electrons. The summed E-state index contributed by atoms with van der Waals surface area (Å²) in [6, 6.07) is 3.24. The van der Waals surface area contributed by atoms with Crippen LogP contribution in [0.5, 0.6) is 23.0 Å². The van der Waals surface area contributed by atoms with Crippen molar-refractivity contribution in [1.82, 2.24) is 4.90 Å². The van der Waals surface area contributed by atoms with Crippen molar-refractivity contribution in [2.45, 2.75) is 46.2 Å². The molecular weight excluding hydrogens is 652 g/mol. The number of nitrogens with zero attached hydrogens (tertiary/aromatic N) is 1. The van der Waals surface area contributed by atoms with E-state index in [1.54, 1.807) is 12.1 Å². The summed E-state index contributed by atoms with van der Waals surface area (Å²) in [4.78, 5) is 49.0. The molecule has 0 bridgehead atoms. The fourth-order valence-electron chi connectivity index (χ4n) is 4.89. The van der Waals surface area contributed by atoms with Gasteiger partial charge in [-0.2, -0.15) is 0 Å². The Morgan fingerprint density at radius 1 is 0.891 bits per heavy atom. The number of hydrogen-bond donors (Lipinski definition) is 2. The van der Waals surface area contributed by atoms with Gasteiger partial charge in [0.2, 0.25) is 11.7 Å². The van der Waals surface area contributed by atoms with Gasteiger partial charge < -0.3 is 34.1 Å². The molecule has 0 saturated heterocycles. The lowest BCUT2D eigenvalue weighted by Gasteiger charge is -2.16. The molecule has 1 aromatic heterocycles. The number of carbonyl (C=O) groups is 4. The Morgan fingerprint density at radius 3 is 2.04 bits per heavy atom. The predicted octanol–water partition coefficient (Wildman–Crippen LogP) is 5.94. The van der Waals surface area contributed by atoms with E-state index in [0.717, 1.165) is 18.4 Å². The molecule has 0 saturated carbocycles. The van der Waals surface area contributed by atoms with Crippen LogP contribution in [0.15, 0.2) is 12.1 Å². The first-order valence-electron chi connectivity index (χ1n) is 14.2. The summed E-state index contributed by atoms with van der Waals surface area (Å²) in [5.41, 5.74) is -0.130. The van der Waals surface area contributed by atoms with Crippen LogP contribution in [0.3, 0.4) is 0 Å². The van der Waals surface area contributed by atoms with Gasteiger partial charge in [-0.1, -0.05) is 25.4 Å². The summed E-state index contributed by atoms with van der Waals surface area (Å²) in [6.07, 6.45) is -0.270. The zero-order chi connectivity index (χ0) is 33.9. The third-order valence-electron chi connectivity index (χ3n) is 7.51. The van der Waals surface area contributed by atoms with Gasteiger partial charge in [-0.05, 0) is 17.5 Å². The Kier molecular flexibility index (Phi) is 10.9. The molecule has 0 fully saturated rings. The molecule has 1 aliphatic rings. The highest BCUT2D eigenvalue weighted by Gasteiger charge is 2.35. The summed E-state index contributed by atoms with van der Waals surface area (Å²) in [5.74, 6) is -7.06. The molecular formula is C31H32ClF2NO10S. The number of methoxy groups -OCH3 is 2. The highest BCUT2D eigenvalue weighted by Crippen LogP contribution is 2.45. The van der Waals surface area contributed by atoms with Crippen molar-refractivity contribution in [1.29, 1.82) is 0 Å². The van der Waals surface area contributed by atoms with Crippen molar-refractivity contribution in [3.05, 3.63) is 44.8 Å². The highest BCUT2D eigenvalue weighted by atomic mass is 35.5. The summed E-state index contributed by atoms with van der Waals surface area (Å²) in [7, 11) is 2.56. The lowest BCUT2D eigenvalue weighted by molar-refractivity contribution is -0.145. The molecule has 2 unspecified atom stereocenters. The summed E-state index contributed by atoms with van der Waals surface area (Å²) in [6.45, 7) is 2.29. The van der Waals surface area contributed by atoms with Gasteiger partial charge in [-0.25, -0.2) is 8.78 Å². The topological polar surface area (TPSA) is 149 Å². The number of thiophene rings is 1. The zero-order valence-electron chi connectivity index (χ0n) is 25.4. The minimum absolute atomic E-state index is 0.0473. The van der Waals surface area contributed by atoms with Crippen molar-refractivity contribution in [2.75, 3.05) is 27.4 Å². The van der Waals surface area contributed by atoms with Crippen LogP contribution in [0.25, 0.3) is 10.1 Å². The third kappa shape index (κ3) is 7.12. The second kappa shape index (κ2) is 14.5. The Balaban J connectivity index is 1.43. The normalized spacial score (nSPS) is 13.7. The van der Waals surface area contributed by atoms with E-state index in [0.29, 0.717) is 15.0 Å². The molecule has 1 amide bonds. The Morgan fingerprint density at radius 2 is 1.46 bits per heavy atom. The smallest absolute Gasteiger partial charge is 0.306 e. The number of rotatable bonds is 15. The van der Waals surface area contributed by atoms with Gasteiger partial charge in [0.1, 0.15) is 5.02 Å². The third-order valence-corrected chi connectivity index (χ3v) is 9.19.